The van der Waals surface area contributed by atoms with Gasteiger partial charge in [0.15, 0.2) is 0 Å². The molecule has 1 aromatic carbocycles. The Morgan fingerprint density at radius 3 is 2.26 bits per heavy atom. The van der Waals surface area contributed by atoms with Gasteiger partial charge in [0.25, 0.3) is 11.8 Å². The summed E-state index contributed by atoms with van der Waals surface area (Å²) in [6.45, 7) is 2.49. The second kappa shape index (κ2) is 17.1. The van der Waals surface area contributed by atoms with Gasteiger partial charge >= 0.3 is 11.9 Å². The minimum absolute atomic E-state index is 0.000182. The normalized spacial score (nSPS) is 16.3. The van der Waals surface area contributed by atoms with Gasteiger partial charge in [0.2, 0.25) is 12.2 Å². The summed E-state index contributed by atoms with van der Waals surface area (Å²) in [4.78, 5) is 58.2. The molecule has 1 aliphatic rings. The number of carbonyl (C=O) groups excluding carboxylic acids is 4. The highest BCUT2D eigenvalue weighted by Crippen LogP contribution is 2.27. The van der Waals surface area contributed by atoms with Crippen molar-refractivity contribution in [3.05, 3.63) is 35.9 Å². The van der Waals surface area contributed by atoms with Gasteiger partial charge in [-0.1, -0.05) is 0 Å². The van der Waals surface area contributed by atoms with E-state index in [0.29, 0.717) is 5.56 Å². The zero-order chi connectivity index (χ0) is 32.1. The standard InChI is InChI=1S/C27H36N2O14/c1-15(26(37)38)23(34)24(35)25(36)27(39)43-18-4-3-17(14-42-16(2)30)19(13-18)41-12-11-40-10-8-28-20(31)7-9-29-21(32)5-6-22(29)33/h3-6,13,15,23-25,27,34-36,39H,7-12,14H2,1-2H3,(H,28,31)(H,37,38)/t15-,23+,24-,25+,27-/m0/s1. The van der Waals surface area contributed by atoms with E-state index in [4.69, 9.17) is 24.1 Å². The van der Waals surface area contributed by atoms with Crippen LogP contribution in [0, 0.1) is 5.92 Å². The van der Waals surface area contributed by atoms with E-state index < -0.39 is 54.3 Å². The van der Waals surface area contributed by atoms with Crippen molar-refractivity contribution in [3.8, 4) is 11.5 Å². The summed E-state index contributed by atoms with van der Waals surface area (Å²) in [5.74, 6) is -4.59. The number of carbonyl (C=O) groups is 5. The predicted molar refractivity (Wildman–Crippen MR) is 143 cm³/mol. The van der Waals surface area contributed by atoms with Gasteiger partial charge in [-0.15, -0.1) is 0 Å². The van der Waals surface area contributed by atoms with Crippen LogP contribution in [-0.2, 0) is 40.1 Å². The van der Waals surface area contributed by atoms with Crippen LogP contribution in [0.2, 0.25) is 0 Å². The second-order valence-electron chi connectivity index (χ2n) is 9.38. The van der Waals surface area contributed by atoms with E-state index in [0.717, 1.165) is 24.0 Å². The molecule has 2 rings (SSSR count). The number of carboxylic acids is 1. The summed E-state index contributed by atoms with van der Waals surface area (Å²) in [5, 5.41) is 51.9. The van der Waals surface area contributed by atoms with Crippen molar-refractivity contribution >= 4 is 29.7 Å². The first-order chi connectivity index (χ1) is 20.3. The SMILES string of the molecule is CC(=O)OCc1ccc(O[C@H](O)[C@H](O)[C@@H](O)[C@H](O)[C@H](C)C(=O)O)cc1OCCOCCNC(=O)CCN1C(=O)C=CC1=O. The zero-order valence-corrected chi connectivity index (χ0v) is 23.6. The molecule has 1 aliphatic heterocycles. The number of imide groups is 1. The highest BCUT2D eigenvalue weighted by molar-refractivity contribution is 6.13. The smallest absolute Gasteiger partial charge is 0.308 e. The van der Waals surface area contributed by atoms with Crippen molar-refractivity contribution in [2.75, 3.05) is 32.9 Å². The lowest BCUT2D eigenvalue weighted by Gasteiger charge is -2.28. The minimum atomic E-state index is -2.07. The van der Waals surface area contributed by atoms with Gasteiger partial charge < -0.3 is 49.8 Å². The third-order valence-corrected chi connectivity index (χ3v) is 6.14. The molecule has 238 valence electrons. The fraction of sp³-hybridized carbons (Fsp3) is 0.519. The van der Waals surface area contributed by atoms with Crippen molar-refractivity contribution in [3.63, 3.8) is 0 Å². The zero-order valence-electron chi connectivity index (χ0n) is 23.6. The lowest BCUT2D eigenvalue weighted by molar-refractivity contribution is -0.177. The van der Waals surface area contributed by atoms with E-state index in [9.17, 15) is 44.4 Å². The van der Waals surface area contributed by atoms with Crippen molar-refractivity contribution < 1.29 is 68.5 Å². The number of hydrogen-bond acceptors (Lipinski definition) is 13. The fourth-order valence-corrected chi connectivity index (χ4v) is 3.59. The molecule has 16 nitrogen and oxygen atoms in total. The second-order valence-corrected chi connectivity index (χ2v) is 9.38. The lowest BCUT2D eigenvalue weighted by atomic mass is 9.96. The number of aliphatic hydroxyl groups is 4. The summed E-state index contributed by atoms with van der Waals surface area (Å²) in [7, 11) is 0. The summed E-state index contributed by atoms with van der Waals surface area (Å²) >= 11 is 0. The van der Waals surface area contributed by atoms with E-state index in [1.807, 2.05) is 0 Å². The first-order valence-electron chi connectivity index (χ1n) is 13.2. The number of carboxylic acid groups (broad SMARTS) is 1. The molecule has 0 fully saturated rings. The molecular formula is C27H36N2O14. The number of hydrogen-bond donors (Lipinski definition) is 6. The lowest BCUT2D eigenvalue weighted by Crippen LogP contribution is -2.49. The summed E-state index contributed by atoms with van der Waals surface area (Å²) in [6, 6.07) is 4.12. The van der Waals surface area contributed by atoms with Crippen LogP contribution in [0.5, 0.6) is 11.5 Å². The molecule has 1 aromatic rings. The molecule has 6 N–H and O–H groups in total. The molecule has 0 aromatic heterocycles. The Kier molecular flexibility index (Phi) is 14.0. The average molecular weight is 613 g/mol. The van der Waals surface area contributed by atoms with Gasteiger partial charge in [-0.25, -0.2) is 0 Å². The Morgan fingerprint density at radius 2 is 1.63 bits per heavy atom. The number of rotatable bonds is 19. The van der Waals surface area contributed by atoms with E-state index in [1.165, 1.54) is 25.1 Å². The molecule has 0 radical (unpaired) electrons. The maximum absolute atomic E-state index is 11.9. The van der Waals surface area contributed by atoms with Crippen molar-refractivity contribution in [2.45, 2.75) is 51.5 Å². The predicted octanol–water partition coefficient (Wildman–Crippen LogP) is -1.92. The molecular weight excluding hydrogens is 576 g/mol. The molecule has 0 bridgehead atoms. The molecule has 0 aliphatic carbocycles. The number of aliphatic carboxylic acids is 1. The quantitative estimate of drug-likeness (QED) is 0.0432. The van der Waals surface area contributed by atoms with E-state index in [-0.39, 0.29) is 63.3 Å². The van der Waals surface area contributed by atoms with Crippen LogP contribution >= 0.6 is 0 Å². The maximum Gasteiger partial charge on any atom is 0.308 e. The first-order valence-corrected chi connectivity index (χ1v) is 13.2. The topological polar surface area (TPSA) is 239 Å². The van der Waals surface area contributed by atoms with Crippen molar-refractivity contribution in [1.29, 1.82) is 0 Å². The summed E-state index contributed by atoms with van der Waals surface area (Å²) in [5.41, 5.74) is 0.417. The molecule has 3 amide bonds. The Labute approximate surface area is 246 Å². The van der Waals surface area contributed by atoms with E-state index in [2.05, 4.69) is 5.32 Å². The number of ether oxygens (including phenoxy) is 4. The van der Waals surface area contributed by atoms with Crippen LogP contribution in [0.15, 0.2) is 30.4 Å². The number of benzene rings is 1. The number of amides is 3. The Bertz CT molecular complexity index is 1150. The minimum Gasteiger partial charge on any atom is -0.491 e. The van der Waals surface area contributed by atoms with Crippen LogP contribution in [-0.4, -0.2) is 118 Å². The third kappa shape index (κ3) is 11.3. The Morgan fingerprint density at radius 1 is 0.953 bits per heavy atom. The molecule has 5 atom stereocenters. The van der Waals surface area contributed by atoms with Gasteiger partial charge in [0.05, 0.1) is 25.2 Å². The molecule has 43 heavy (non-hydrogen) atoms. The third-order valence-electron chi connectivity index (χ3n) is 6.14. The summed E-state index contributed by atoms with van der Waals surface area (Å²) < 4.78 is 21.3. The Hall–Kier alpha value is -4.09. The highest BCUT2D eigenvalue weighted by atomic mass is 16.6. The Balaban J connectivity index is 1.84. The van der Waals surface area contributed by atoms with Crippen LogP contribution in [0.1, 0.15) is 25.8 Å². The molecule has 0 saturated heterocycles. The van der Waals surface area contributed by atoms with E-state index in [1.54, 1.807) is 0 Å². The van der Waals surface area contributed by atoms with Gasteiger partial charge in [-0.05, 0) is 19.1 Å². The van der Waals surface area contributed by atoms with Crippen LogP contribution in [0.25, 0.3) is 0 Å². The van der Waals surface area contributed by atoms with Gasteiger partial charge in [-0.3, -0.25) is 28.9 Å². The van der Waals surface area contributed by atoms with Gasteiger partial charge in [0.1, 0.15) is 36.9 Å². The molecule has 0 spiro atoms. The average Bonchev–Trinajstić information content (AvgIpc) is 3.29. The number of aliphatic hydroxyl groups excluding tert-OH is 4. The van der Waals surface area contributed by atoms with Crippen LogP contribution < -0.4 is 14.8 Å². The van der Waals surface area contributed by atoms with Crippen molar-refractivity contribution in [2.24, 2.45) is 5.92 Å². The van der Waals surface area contributed by atoms with Gasteiger partial charge in [0, 0.05) is 50.2 Å². The monoisotopic (exact) mass is 612 g/mol. The van der Waals surface area contributed by atoms with E-state index >= 15 is 0 Å². The summed E-state index contributed by atoms with van der Waals surface area (Å²) in [6.07, 6.45) is -5.86. The first kappa shape index (κ1) is 35.1. The molecule has 0 unspecified atom stereocenters. The molecule has 16 heteroatoms. The number of nitrogens with zero attached hydrogens (tertiary/aromatic N) is 1. The highest BCUT2D eigenvalue weighted by Gasteiger charge is 2.37. The van der Waals surface area contributed by atoms with Gasteiger partial charge in [-0.2, -0.15) is 0 Å². The molecule has 1 heterocycles. The largest absolute Gasteiger partial charge is 0.491 e. The fourth-order valence-electron chi connectivity index (χ4n) is 3.59. The van der Waals surface area contributed by atoms with Crippen molar-refractivity contribution in [1.82, 2.24) is 10.2 Å². The number of nitrogens with one attached hydrogen (secondary N) is 1. The maximum atomic E-state index is 11.9. The van der Waals surface area contributed by atoms with Crippen LogP contribution in [0.4, 0.5) is 0 Å². The number of esters is 1. The molecule has 0 saturated carbocycles. The van der Waals surface area contributed by atoms with Crippen LogP contribution in [0.3, 0.4) is 0 Å².